The lowest BCUT2D eigenvalue weighted by atomic mass is 10.0. The lowest BCUT2D eigenvalue weighted by Crippen LogP contribution is -2.43. The molecule has 2 aromatic rings. The molecule has 3 rings (SSSR count). The van der Waals surface area contributed by atoms with Crippen molar-refractivity contribution >= 4 is 22.8 Å². The minimum atomic E-state index is -0.313. The molecule has 0 saturated carbocycles. The fraction of sp³-hybridized carbons (Fsp3) is 0.550. The summed E-state index contributed by atoms with van der Waals surface area (Å²) in [6, 6.07) is 7.61. The molecule has 2 heterocycles. The minimum Gasteiger partial charge on any atom is -0.346 e. The van der Waals surface area contributed by atoms with E-state index in [9.17, 15) is 9.59 Å². The molecule has 2 N–H and O–H groups in total. The van der Waals surface area contributed by atoms with E-state index < -0.39 is 0 Å². The second-order valence-corrected chi connectivity index (χ2v) is 8.45. The number of aromatic nitrogens is 2. The van der Waals surface area contributed by atoms with E-state index in [1.807, 2.05) is 45.0 Å². The molecule has 0 bridgehead atoms. The van der Waals surface area contributed by atoms with Gasteiger partial charge in [0.05, 0.1) is 23.0 Å². The van der Waals surface area contributed by atoms with Gasteiger partial charge < -0.3 is 15.2 Å². The van der Waals surface area contributed by atoms with Crippen LogP contribution in [0.2, 0.25) is 0 Å². The van der Waals surface area contributed by atoms with E-state index in [-0.39, 0.29) is 41.7 Å². The van der Waals surface area contributed by atoms with Gasteiger partial charge in [-0.1, -0.05) is 26.0 Å². The van der Waals surface area contributed by atoms with Crippen LogP contribution in [0.1, 0.15) is 52.9 Å². The van der Waals surface area contributed by atoms with Gasteiger partial charge in [-0.25, -0.2) is 4.98 Å². The third-order valence-electron chi connectivity index (χ3n) is 4.97. The number of likely N-dealkylation sites (tertiary alicyclic amines) is 1. The first-order valence-corrected chi connectivity index (χ1v) is 9.22. The maximum Gasteiger partial charge on any atom is 0.226 e. The molecule has 2 amide bonds. The molecular weight excluding hydrogens is 328 g/mol. The Morgan fingerprint density at radius 1 is 1.31 bits per heavy atom. The van der Waals surface area contributed by atoms with Crippen molar-refractivity contribution in [2.24, 2.45) is 11.8 Å². The van der Waals surface area contributed by atoms with E-state index >= 15 is 0 Å². The van der Waals surface area contributed by atoms with Crippen LogP contribution in [-0.2, 0) is 9.59 Å². The second kappa shape index (κ2) is 6.74. The smallest absolute Gasteiger partial charge is 0.226 e. The van der Waals surface area contributed by atoms with Gasteiger partial charge in [0.15, 0.2) is 0 Å². The zero-order valence-electron chi connectivity index (χ0n) is 16.2. The molecule has 1 saturated heterocycles. The predicted molar refractivity (Wildman–Crippen MR) is 101 cm³/mol. The fourth-order valence-electron chi connectivity index (χ4n) is 3.47. The molecule has 1 aliphatic heterocycles. The first-order chi connectivity index (χ1) is 12.2. The summed E-state index contributed by atoms with van der Waals surface area (Å²) in [5.41, 5.74) is 1.58. The normalized spacial score (nSPS) is 19.4. The zero-order valence-corrected chi connectivity index (χ0v) is 16.2. The highest BCUT2D eigenvalue weighted by molar-refractivity contribution is 5.89. The van der Waals surface area contributed by atoms with E-state index in [2.05, 4.69) is 29.1 Å². The topological polar surface area (TPSA) is 78.1 Å². The predicted octanol–water partition coefficient (Wildman–Crippen LogP) is 3.02. The van der Waals surface area contributed by atoms with Crippen molar-refractivity contribution in [1.82, 2.24) is 20.2 Å². The van der Waals surface area contributed by atoms with Crippen LogP contribution in [0.3, 0.4) is 0 Å². The monoisotopic (exact) mass is 356 g/mol. The van der Waals surface area contributed by atoms with Crippen molar-refractivity contribution in [3.05, 3.63) is 30.1 Å². The van der Waals surface area contributed by atoms with Crippen molar-refractivity contribution in [1.29, 1.82) is 0 Å². The first-order valence-electron chi connectivity index (χ1n) is 9.22. The Kier molecular flexibility index (Phi) is 4.78. The van der Waals surface area contributed by atoms with E-state index in [4.69, 9.17) is 0 Å². The number of hydrogen-bond acceptors (Lipinski definition) is 3. The number of hydrogen-bond donors (Lipinski definition) is 2. The van der Waals surface area contributed by atoms with E-state index in [0.29, 0.717) is 6.54 Å². The molecule has 0 radical (unpaired) electrons. The molecule has 0 unspecified atom stereocenters. The number of benzene rings is 1. The Balaban J connectivity index is 1.76. The summed E-state index contributed by atoms with van der Waals surface area (Å²) in [5.74, 6) is 0.584. The molecule has 1 fully saturated rings. The van der Waals surface area contributed by atoms with Crippen LogP contribution >= 0.6 is 0 Å². The van der Waals surface area contributed by atoms with Crippen molar-refractivity contribution in [3.63, 3.8) is 0 Å². The summed E-state index contributed by atoms with van der Waals surface area (Å²) in [5, 5.41) is 3.12. The minimum absolute atomic E-state index is 0.0440. The van der Waals surface area contributed by atoms with Crippen molar-refractivity contribution in [3.8, 4) is 0 Å². The van der Waals surface area contributed by atoms with Gasteiger partial charge >= 0.3 is 0 Å². The second-order valence-electron chi connectivity index (χ2n) is 8.45. The third-order valence-corrected chi connectivity index (χ3v) is 4.97. The molecule has 0 aliphatic carbocycles. The molecule has 2 atom stereocenters. The molecule has 0 spiro atoms. The summed E-state index contributed by atoms with van der Waals surface area (Å²) in [6.07, 6.45) is 0.272. The maximum atomic E-state index is 12.8. The van der Waals surface area contributed by atoms with Gasteiger partial charge in [0.1, 0.15) is 5.82 Å². The highest BCUT2D eigenvalue weighted by Gasteiger charge is 2.40. The molecule has 1 aromatic carbocycles. The number of amides is 2. The number of H-pyrrole nitrogens is 1. The first kappa shape index (κ1) is 18.4. The highest BCUT2D eigenvalue weighted by atomic mass is 16.2. The zero-order chi connectivity index (χ0) is 19.1. The Morgan fingerprint density at radius 2 is 2.00 bits per heavy atom. The summed E-state index contributed by atoms with van der Waals surface area (Å²) < 4.78 is 0. The number of para-hydroxylation sites is 2. The Hall–Kier alpha value is -2.37. The van der Waals surface area contributed by atoms with Gasteiger partial charge in [0, 0.05) is 18.5 Å². The van der Waals surface area contributed by atoms with Crippen molar-refractivity contribution in [2.45, 2.75) is 52.6 Å². The molecule has 1 aliphatic rings. The van der Waals surface area contributed by atoms with Crippen molar-refractivity contribution < 1.29 is 9.59 Å². The number of aromatic amines is 1. The van der Waals surface area contributed by atoms with Gasteiger partial charge in [-0.2, -0.15) is 0 Å². The molecule has 6 nitrogen and oxygen atoms in total. The van der Waals surface area contributed by atoms with E-state index in [0.717, 1.165) is 16.9 Å². The van der Waals surface area contributed by atoms with Crippen LogP contribution in [0, 0.1) is 11.8 Å². The SMILES string of the molecule is CC(C)[C@@H](NC(=O)[C@H]1CC(=O)N(C(C)(C)C)C1)c1nc2ccccc2[nH]1. The summed E-state index contributed by atoms with van der Waals surface area (Å²) in [6.45, 7) is 10.6. The van der Waals surface area contributed by atoms with E-state index in [1.165, 1.54) is 0 Å². The Labute approximate surface area is 154 Å². The van der Waals surface area contributed by atoms with Crippen LogP contribution in [0.15, 0.2) is 24.3 Å². The Bertz CT molecular complexity index is 786. The number of rotatable bonds is 4. The number of nitrogens with zero attached hydrogens (tertiary/aromatic N) is 2. The average Bonchev–Trinajstić information content (AvgIpc) is 3.14. The maximum absolute atomic E-state index is 12.8. The summed E-state index contributed by atoms with van der Waals surface area (Å²) in [4.78, 5) is 34.8. The lowest BCUT2D eigenvalue weighted by molar-refractivity contribution is -0.132. The summed E-state index contributed by atoms with van der Waals surface area (Å²) in [7, 11) is 0. The highest BCUT2D eigenvalue weighted by Crippen LogP contribution is 2.28. The fourth-order valence-corrected chi connectivity index (χ4v) is 3.47. The van der Waals surface area contributed by atoms with Gasteiger partial charge in [0.25, 0.3) is 0 Å². The molecular formula is C20H28N4O2. The lowest BCUT2D eigenvalue weighted by Gasteiger charge is -2.32. The standard InChI is InChI=1S/C20H28N4O2/c1-12(2)17(18-21-14-8-6-7-9-15(14)22-18)23-19(26)13-10-16(25)24(11-13)20(3,4)5/h6-9,12-13,17H,10-11H2,1-5H3,(H,21,22)(H,23,26)/t13-,17+/m0/s1. The Morgan fingerprint density at radius 3 is 2.58 bits per heavy atom. The van der Waals surface area contributed by atoms with Gasteiger partial charge in [0.2, 0.25) is 11.8 Å². The van der Waals surface area contributed by atoms with E-state index in [1.54, 1.807) is 4.90 Å². The van der Waals surface area contributed by atoms with Crippen LogP contribution in [-0.4, -0.2) is 38.8 Å². The number of nitrogens with one attached hydrogen (secondary N) is 2. The van der Waals surface area contributed by atoms with Crippen LogP contribution in [0.25, 0.3) is 11.0 Å². The molecule has 26 heavy (non-hydrogen) atoms. The molecule has 1 aromatic heterocycles. The average molecular weight is 356 g/mol. The van der Waals surface area contributed by atoms with Crippen LogP contribution in [0.4, 0.5) is 0 Å². The number of imidazole rings is 1. The quantitative estimate of drug-likeness (QED) is 0.884. The van der Waals surface area contributed by atoms with Crippen LogP contribution in [0.5, 0.6) is 0 Å². The van der Waals surface area contributed by atoms with Gasteiger partial charge in [-0.3, -0.25) is 9.59 Å². The largest absolute Gasteiger partial charge is 0.346 e. The van der Waals surface area contributed by atoms with Crippen LogP contribution < -0.4 is 5.32 Å². The molecule has 140 valence electrons. The van der Waals surface area contributed by atoms with Crippen molar-refractivity contribution in [2.75, 3.05) is 6.54 Å². The van der Waals surface area contributed by atoms with Gasteiger partial charge in [-0.15, -0.1) is 0 Å². The van der Waals surface area contributed by atoms with Gasteiger partial charge in [-0.05, 0) is 38.8 Å². The third kappa shape index (κ3) is 3.59. The molecule has 6 heteroatoms. The number of carbonyl (C=O) groups is 2. The summed E-state index contributed by atoms with van der Waals surface area (Å²) >= 11 is 0. The number of fused-ring (bicyclic) bond motifs is 1. The number of carbonyl (C=O) groups excluding carboxylic acids is 2.